The summed E-state index contributed by atoms with van der Waals surface area (Å²) < 4.78 is 0. The normalized spacial score (nSPS) is 24.9. The van der Waals surface area contributed by atoms with Crippen molar-refractivity contribution in [3.05, 3.63) is 29.8 Å². The molecule has 1 aromatic rings. The number of carboxylic acid groups (broad SMARTS) is 1. The van der Waals surface area contributed by atoms with Gasteiger partial charge in [-0.05, 0) is 44.0 Å². The molecule has 1 aromatic carbocycles. The lowest BCUT2D eigenvalue weighted by atomic mass is 9.91. The maximum Gasteiger partial charge on any atom is 0.306 e. The zero-order valence-electron chi connectivity index (χ0n) is 10.5. The van der Waals surface area contributed by atoms with Crippen LogP contribution in [0, 0.1) is 5.92 Å². The lowest BCUT2D eigenvalue weighted by Gasteiger charge is -2.36. The largest absolute Gasteiger partial charge is 0.508 e. The maximum atomic E-state index is 11.0. The van der Waals surface area contributed by atoms with Crippen molar-refractivity contribution in [1.82, 2.24) is 4.90 Å². The first-order valence-electron chi connectivity index (χ1n) is 6.31. The van der Waals surface area contributed by atoms with Crippen LogP contribution in [-0.4, -0.2) is 33.7 Å². The molecule has 98 valence electrons. The number of likely N-dealkylation sites (tertiary alicyclic amines) is 1. The van der Waals surface area contributed by atoms with Gasteiger partial charge in [0.15, 0.2) is 0 Å². The van der Waals surface area contributed by atoms with Crippen molar-refractivity contribution >= 4 is 5.97 Å². The molecule has 0 radical (unpaired) electrons. The smallest absolute Gasteiger partial charge is 0.306 e. The van der Waals surface area contributed by atoms with Gasteiger partial charge >= 0.3 is 5.97 Å². The molecule has 1 heterocycles. The van der Waals surface area contributed by atoms with E-state index in [9.17, 15) is 9.90 Å². The lowest BCUT2D eigenvalue weighted by molar-refractivity contribution is -0.144. The van der Waals surface area contributed by atoms with Gasteiger partial charge < -0.3 is 10.2 Å². The van der Waals surface area contributed by atoms with Crippen LogP contribution in [0.3, 0.4) is 0 Å². The van der Waals surface area contributed by atoms with Gasteiger partial charge in [-0.15, -0.1) is 0 Å². The molecule has 2 atom stereocenters. The minimum absolute atomic E-state index is 0.198. The Hall–Kier alpha value is -1.55. The Morgan fingerprint density at radius 3 is 2.61 bits per heavy atom. The van der Waals surface area contributed by atoms with Gasteiger partial charge in [-0.1, -0.05) is 12.1 Å². The molecular formula is C14H19NO3. The molecule has 0 aliphatic carbocycles. The Morgan fingerprint density at radius 1 is 1.39 bits per heavy atom. The van der Waals surface area contributed by atoms with E-state index < -0.39 is 5.97 Å². The summed E-state index contributed by atoms with van der Waals surface area (Å²) in [5.74, 6) is -0.599. The molecule has 18 heavy (non-hydrogen) atoms. The average Bonchev–Trinajstić information content (AvgIpc) is 2.34. The maximum absolute atomic E-state index is 11.0. The van der Waals surface area contributed by atoms with E-state index in [-0.39, 0.29) is 17.7 Å². The van der Waals surface area contributed by atoms with Gasteiger partial charge in [0.05, 0.1) is 5.92 Å². The van der Waals surface area contributed by atoms with E-state index >= 15 is 0 Å². The van der Waals surface area contributed by atoms with E-state index in [0.717, 1.165) is 25.1 Å². The third-order valence-electron chi connectivity index (χ3n) is 3.68. The van der Waals surface area contributed by atoms with Gasteiger partial charge in [0, 0.05) is 12.6 Å². The molecule has 0 bridgehead atoms. The van der Waals surface area contributed by atoms with Crippen molar-refractivity contribution in [1.29, 1.82) is 0 Å². The van der Waals surface area contributed by atoms with Crippen LogP contribution in [0.1, 0.15) is 25.3 Å². The third kappa shape index (κ3) is 3.01. The van der Waals surface area contributed by atoms with Gasteiger partial charge in [-0.3, -0.25) is 9.69 Å². The average molecular weight is 249 g/mol. The molecule has 0 aromatic heterocycles. The van der Waals surface area contributed by atoms with Crippen LogP contribution in [0.25, 0.3) is 0 Å². The van der Waals surface area contributed by atoms with E-state index in [2.05, 4.69) is 11.8 Å². The van der Waals surface area contributed by atoms with Gasteiger partial charge in [0.25, 0.3) is 0 Å². The fourth-order valence-corrected chi connectivity index (χ4v) is 2.52. The Bertz CT molecular complexity index is 416. The highest BCUT2D eigenvalue weighted by molar-refractivity contribution is 5.70. The Balaban J connectivity index is 1.95. The summed E-state index contributed by atoms with van der Waals surface area (Å²) in [4.78, 5) is 13.3. The topological polar surface area (TPSA) is 60.8 Å². The van der Waals surface area contributed by atoms with Crippen LogP contribution in [0.15, 0.2) is 24.3 Å². The number of carbonyl (C=O) groups is 1. The van der Waals surface area contributed by atoms with E-state index in [1.54, 1.807) is 12.1 Å². The SMILES string of the molecule is CC1CC(C(=O)O)CCN1Cc1ccc(O)cc1. The summed E-state index contributed by atoms with van der Waals surface area (Å²) in [6.45, 7) is 3.71. The first-order chi connectivity index (χ1) is 8.56. The highest BCUT2D eigenvalue weighted by Gasteiger charge is 2.29. The number of carboxylic acids is 1. The van der Waals surface area contributed by atoms with E-state index in [1.807, 2.05) is 12.1 Å². The zero-order valence-corrected chi connectivity index (χ0v) is 10.5. The van der Waals surface area contributed by atoms with E-state index in [1.165, 1.54) is 0 Å². The monoisotopic (exact) mass is 249 g/mol. The van der Waals surface area contributed by atoms with Crippen LogP contribution < -0.4 is 0 Å². The number of aliphatic carboxylic acids is 1. The van der Waals surface area contributed by atoms with E-state index in [0.29, 0.717) is 6.42 Å². The lowest BCUT2D eigenvalue weighted by Crippen LogP contribution is -2.42. The number of hydrogen-bond donors (Lipinski definition) is 2. The highest BCUT2D eigenvalue weighted by Crippen LogP contribution is 2.24. The molecule has 4 nitrogen and oxygen atoms in total. The number of benzene rings is 1. The van der Waals surface area contributed by atoms with Crippen molar-refractivity contribution in [2.45, 2.75) is 32.4 Å². The Kier molecular flexibility index (Phi) is 3.87. The van der Waals surface area contributed by atoms with Crippen molar-refractivity contribution < 1.29 is 15.0 Å². The predicted molar refractivity (Wildman–Crippen MR) is 68.3 cm³/mol. The van der Waals surface area contributed by atoms with Gasteiger partial charge in [-0.25, -0.2) is 0 Å². The number of aromatic hydroxyl groups is 1. The summed E-state index contributed by atoms with van der Waals surface area (Å²) in [5, 5.41) is 18.2. The molecule has 4 heteroatoms. The van der Waals surface area contributed by atoms with Crippen LogP contribution in [0.5, 0.6) is 5.75 Å². The second-order valence-corrected chi connectivity index (χ2v) is 5.05. The predicted octanol–water partition coefficient (Wildman–Crippen LogP) is 2.08. The summed E-state index contributed by atoms with van der Waals surface area (Å²) in [6, 6.07) is 7.47. The number of phenolic OH excluding ortho intramolecular Hbond substituents is 1. The molecule has 2 N–H and O–H groups in total. The summed E-state index contributed by atoms with van der Waals surface area (Å²) in [5.41, 5.74) is 1.15. The minimum Gasteiger partial charge on any atom is -0.508 e. The minimum atomic E-state index is -0.675. The van der Waals surface area contributed by atoms with Crippen molar-refractivity contribution in [3.63, 3.8) is 0 Å². The molecule has 0 amide bonds. The summed E-state index contributed by atoms with van der Waals surface area (Å²) in [7, 11) is 0. The van der Waals surface area contributed by atoms with Crippen LogP contribution in [-0.2, 0) is 11.3 Å². The molecule has 1 aliphatic rings. The van der Waals surface area contributed by atoms with Gasteiger partial charge in [0.1, 0.15) is 5.75 Å². The molecule has 1 saturated heterocycles. The number of phenols is 1. The summed E-state index contributed by atoms with van der Waals surface area (Å²) in [6.07, 6.45) is 1.44. The number of hydrogen-bond acceptors (Lipinski definition) is 3. The first kappa shape index (κ1) is 12.9. The Labute approximate surface area is 107 Å². The van der Waals surface area contributed by atoms with Crippen molar-refractivity contribution in [2.24, 2.45) is 5.92 Å². The quantitative estimate of drug-likeness (QED) is 0.861. The van der Waals surface area contributed by atoms with Crippen molar-refractivity contribution in [3.8, 4) is 5.75 Å². The van der Waals surface area contributed by atoms with Crippen molar-refractivity contribution in [2.75, 3.05) is 6.54 Å². The second-order valence-electron chi connectivity index (χ2n) is 5.05. The fraction of sp³-hybridized carbons (Fsp3) is 0.500. The number of rotatable bonds is 3. The number of nitrogens with zero attached hydrogens (tertiary/aromatic N) is 1. The highest BCUT2D eigenvalue weighted by atomic mass is 16.4. The number of piperidine rings is 1. The van der Waals surface area contributed by atoms with Crippen LogP contribution in [0.4, 0.5) is 0 Å². The second kappa shape index (κ2) is 5.40. The fourth-order valence-electron chi connectivity index (χ4n) is 2.52. The Morgan fingerprint density at radius 2 is 2.06 bits per heavy atom. The van der Waals surface area contributed by atoms with Gasteiger partial charge in [0.2, 0.25) is 0 Å². The summed E-state index contributed by atoms with van der Waals surface area (Å²) >= 11 is 0. The van der Waals surface area contributed by atoms with E-state index in [4.69, 9.17) is 5.11 Å². The zero-order chi connectivity index (χ0) is 13.1. The first-order valence-corrected chi connectivity index (χ1v) is 6.31. The molecular weight excluding hydrogens is 230 g/mol. The molecule has 0 saturated carbocycles. The molecule has 2 rings (SSSR count). The molecule has 2 unspecified atom stereocenters. The molecule has 0 spiro atoms. The molecule has 1 fully saturated rings. The molecule has 1 aliphatic heterocycles. The van der Waals surface area contributed by atoms with Crippen LogP contribution in [0.2, 0.25) is 0 Å². The third-order valence-corrected chi connectivity index (χ3v) is 3.68. The van der Waals surface area contributed by atoms with Crippen LogP contribution >= 0.6 is 0 Å². The standard InChI is InChI=1S/C14H19NO3/c1-10-8-12(14(17)18)6-7-15(10)9-11-2-4-13(16)5-3-11/h2-5,10,12,16H,6-9H2,1H3,(H,17,18). The van der Waals surface area contributed by atoms with Gasteiger partial charge in [-0.2, -0.15) is 0 Å².